The molecular weight excluding hydrogens is 390 g/mol. The average molecular weight is 422 g/mol. The second-order valence-electron chi connectivity index (χ2n) is 7.95. The lowest BCUT2D eigenvalue weighted by atomic mass is 10.1. The summed E-state index contributed by atoms with van der Waals surface area (Å²) in [7, 11) is 5.84. The molecule has 7 nitrogen and oxygen atoms in total. The highest BCUT2D eigenvalue weighted by Gasteiger charge is 2.22. The molecule has 1 amide bonds. The molecule has 2 N–H and O–H groups in total. The molecule has 2 aromatic carbocycles. The van der Waals surface area contributed by atoms with Crippen molar-refractivity contribution in [2.75, 3.05) is 26.0 Å². The zero-order valence-corrected chi connectivity index (χ0v) is 18.8. The first-order valence-electron chi connectivity index (χ1n) is 10.4. The molecule has 0 saturated heterocycles. The van der Waals surface area contributed by atoms with E-state index in [1.807, 2.05) is 76.6 Å². The number of anilines is 1. The second-order valence-corrected chi connectivity index (χ2v) is 7.95. The van der Waals surface area contributed by atoms with E-state index in [1.165, 1.54) is 5.56 Å². The molecule has 3 aromatic rings. The SMILES string of the molecule is Cc1c(NC(=O)[C@H](C)NC[C@@H](c2ccccc2)N(C)C)c(=O)n(-c2ccccc2)n1C. The molecule has 0 aliphatic rings. The van der Waals surface area contributed by atoms with Gasteiger partial charge in [-0.1, -0.05) is 48.5 Å². The van der Waals surface area contributed by atoms with Crippen LogP contribution in [0.3, 0.4) is 0 Å². The van der Waals surface area contributed by atoms with Gasteiger partial charge in [0.25, 0.3) is 5.56 Å². The normalized spacial score (nSPS) is 13.2. The van der Waals surface area contributed by atoms with Crippen molar-refractivity contribution in [1.82, 2.24) is 19.6 Å². The highest BCUT2D eigenvalue weighted by molar-refractivity contribution is 5.94. The fraction of sp³-hybridized carbons (Fsp3) is 0.333. The van der Waals surface area contributed by atoms with Gasteiger partial charge in [-0.3, -0.25) is 14.3 Å². The number of hydrogen-bond acceptors (Lipinski definition) is 4. The molecule has 1 heterocycles. The van der Waals surface area contributed by atoms with Crippen LogP contribution < -0.4 is 16.2 Å². The predicted molar refractivity (Wildman–Crippen MR) is 125 cm³/mol. The zero-order valence-electron chi connectivity index (χ0n) is 18.8. The van der Waals surface area contributed by atoms with Gasteiger partial charge in [0.1, 0.15) is 5.69 Å². The monoisotopic (exact) mass is 421 g/mol. The molecule has 0 unspecified atom stereocenters. The van der Waals surface area contributed by atoms with E-state index < -0.39 is 6.04 Å². The Balaban J connectivity index is 1.72. The van der Waals surface area contributed by atoms with Crippen molar-refractivity contribution in [2.45, 2.75) is 25.9 Å². The maximum Gasteiger partial charge on any atom is 0.295 e. The Hall–Kier alpha value is -3.16. The topological polar surface area (TPSA) is 71.3 Å². The summed E-state index contributed by atoms with van der Waals surface area (Å²) in [5, 5.41) is 6.14. The van der Waals surface area contributed by atoms with E-state index in [0.717, 1.165) is 5.69 Å². The Bertz CT molecular complexity index is 1070. The molecule has 0 radical (unpaired) electrons. The van der Waals surface area contributed by atoms with E-state index in [-0.39, 0.29) is 17.5 Å². The van der Waals surface area contributed by atoms with Crippen LogP contribution in [0.25, 0.3) is 5.69 Å². The molecule has 0 aliphatic heterocycles. The van der Waals surface area contributed by atoms with Gasteiger partial charge < -0.3 is 15.5 Å². The average Bonchev–Trinajstić information content (AvgIpc) is 2.98. The fourth-order valence-electron chi connectivity index (χ4n) is 3.60. The summed E-state index contributed by atoms with van der Waals surface area (Å²) in [6, 6.07) is 19.2. The fourth-order valence-corrected chi connectivity index (χ4v) is 3.60. The number of carbonyl (C=O) groups is 1. The van der Waals surface area contributed by atoms with Gasteiger partial charge >= 0.3 is 0 Å². The van der Waals surface area contributed by atoms with Crippen molar-refractivity contribution >= 4 is 11.6 Å². The number of nitrogens with one attached hydrogen (secondary N) is 2. The van der Waals surface area contributed by atoms with Crippen molar-refractivity contribution in [3.8, 4) is 5.69 Å². The van der Waals surface area contributed by atoms with Crippen LogP contribution in [-0.2, 0) is 11.8 Å². The summed E-state index contributed by atoms with van der Waals surface area (Å²) in [5.74, 6) is -0.239. The Morgan fingerprint density at radius 3 is 2.19 bits per heavy atom. The summed E-state index contributed by atoms with van der Waals surface area (Å²) in [5.41, 5.74) is 2.68. The van der Waals surface area contributed by atoms with Gasteiger partial charge in [-0.25, -0.2) is 4.68 Å². The van der Waals surface area contributed by atoms with Gasteiger partial charge in [-0.15, -0.1) is 0 Å². The number of aromatic nitrogens is 2. The minimum absolute atomic E-state index is 0.130. The highest BCUT2D eigenvalue weighted by Crippen LogP contribution is 2.17. The summed E-state index contributed by atoms with van der Waals surface area (Å²) in [4.78, 5) is 28.0. The van der Waals surface area contributed by atoms with E-state index in [2.05, 4.69) is 27.7 Å². The molecule has 1 aromatic heterocycles. The summed E-state index contributed by atoms with van der Waals surface area (Å²) >= 11 is 0. The minimum Gasteiger partial charge on any atom is -0.319 e. The number of amides is 1. The molecule has 0 fully saturated rings. The number of carbonyl (C=O) groups excluding carboxylic acids is 1. The van der Waals surface area contributed by atoms with Gasteiger partial charge in [-0.2, -0.15) is 0 Å². The molecule has 2 atom stereocenters. The number of rotatable bonds is 8. The van der Waals surface area contributed by atoms with Crippen molar-refractivity contribution in [2.24, 2.45) is 7.05 Å². The smallest absolute Gasteiger partial charge is 0.295 e. The van der Waals surface area contributed by atoms with E-state index >= 15 is 0 Å². The van der Waals surface area contributed by atoms with Gasteiger partial charge in [0.05, 0.1) is 17.4 Å². The van der Waals surface area contributed by atoms with Crippen LogP contribution in [0.1, 0.15) is 24.2 Å². The van der Waals surface area contributed by atoms with E-state index in [4.69, 9.17) is 0 Å². The molecule has 0 saturated carbocycles. The Morgan fingerprint density at radius 2 is 1.61 bits per heavy atom. The van der Waals surface area contributed by atoms with Crippen molar-refractivity contribution in [3.05, 3.63) is 82.3 Å². The molecule has 7 heteroatoms. The standard InChI is InChI=1S/C24H31N5O2/c1-17(25-16-21(27(3)4)19-12-8-6-9-13-19)23(30)26-22-18(2)28(5)29(24(22)31)20-14-10-7-11-15-20/h6-15,17,21,25H,16H2,1-5H3,(H,26,30)/t17-,21-/m0/s1. The van der Waals surface area contributed by atoms with Crippen molar-refractivity contribution in [1.29, 1.82) is 0 Å². The van der Waals surface area contributed by atoms with Crippen LogP contribution in [-0.4, -0.2) is 46.9 Å². The van der Waals surface area contributed by atoms with Crippen LogP contribution in [0.2, 0.25) is 0 Å². The summed E-state index contributed by atoms with van der Waals surface area (Å²) in [6.07, 6.45) is 0. The number of hydrogen-bond donors (Lipinski definition) is 2. The highest BCUT2D eigenvalue weighted by atomic mass is 16.2. The third-order valence-electron chi connectivity index (χ3n) is 5.62. The zero-order chi connectivity index (χ0) is 22.5. The Morgan fingerprint density at radius 1 is 1.03 bits per heavy atom. The maximum atomic E-state index is 13.0. The predicted octanol–water partition coefficient (Wildman–Crippen LogP) is 2.70. The molecule has 0 bridgehead atoms. The van der Waals surface area contributed by atoms with Crippen LogP contribution in [0.5, 0.6) is 0 Å². The lowest BCUT2D eigenvalue weighted by molar-refractivity contribution is -0.117. The Labute approximate surface area is 183 Å². The van der Waals surface area contributed by atoms with Gasteiger partial charge in [0, 0.05) is 19.6 Å². The lowest BCUT2D eigenvalue weighted by Crippen LogP contribution is -2.42. The number of likely N-dealkylation sites (N-methyl/N-ethyl adjacent to an activating group) is 1. The van der Waals surface area contributed by atoms with Crippen LogP contribution in [0, 0.1) is 6.92 Å². The minimum atomic E-state index is -0.463. The van der Waals surface area contributed by atoms with Crippen LogP contribution >= 0.6 is 0 Å². The molecule has 31 heavy (non-hydrogen) atoms. The molecule has 0 aliphatic carbocycles. The first kappa shape index (κ1) is 22.5. The van der Waals surface area contributed by atoms with Gasteiger partial charge in [-0.05, 0) is 45.6 Å². The lowest BCUT2D eigenvalue weighted by Gasteiger charge is -2.26. The van der Waals surface area contributed by atoms with E-state index in [1.54, 1.807) is 16.3 Å². The third kappa shape index (κ3) is 4.95. The first-order valence-corrected chi connectivity index (χ1v) is 10.4. The van der Waals surface area contributed by atoms with Gasteiger partial charge in [0.2, 0.25) is 5.91 Å². The van der Waals surface area contributed by atoms with Crippen LogP contribution in [0.4, 0.5) is 5.69 Å². The summed E-state index contributed by atoms with van der Waals surface area (Å²) in [6.45, 7) is 4.24. The van der Waals surface area contributed by atoms with Gasteiger partial charge in [0.15, 0.2) is 0 Å². The third-order valence-corrected chi connectivity index (χ3v) is 5.62. The van der Waals surface area contributed by atoms with Crippen LogP contribution in [0.15, 0.2) is 65.5 Å². The first-order chi connectivity index (χ1) is 14.8. The number of para-hydroxylation sites is 1. The van der Waals surface area contributed by atoms with E-state index in [0.29, 0.717) is 17.9 Å². The quantitative estimate of drug-likeness (QED) is 0.587. The number of benzene rings is 2. The maximum absolute atomic E-state index is 13.0. The molecule has 3 rings (SSSR count). The van der Waals surface area contributed by atoms with Crippen molar-refractivity contribution in [3.63, 3.8) is 0 Å². The molecular formula is C24H31N5O2. The second kappa shape index (κ2) is 9.76. The largest absolute Gasteiger partial charge is 0.319 e. The summed E-state index contributed by atoms with van der Waals surface area (Å²) < 4.78 is 3.31. The molecule has 164 valence electrons. The Kier molecular flexibility index (Phi) is 7.09. The number of nitrogens with zero attached hydrogens (tertiary/aromatic N) is 3. The molecule has 0 spiro atoms. The van der Waals surface area contributed by atoms with E-state index in [9.17, 15) is 9.59 Å². The van der Waals surface area contributed by atoms with Crippen molar-refractivity contribution < 1.29 is 4.79 Å².